The summed E-state index contributed by atoms with van der Waals surface area (Å²) in [6.45, 7) is 3.09. The maximum Gasteiger partial charge on any atom is 0.106 e. The molecule has 0 aromatic heterocycles. The molecule has 11 heavy (non-hydrogen) atoms. The van der Waals surface area contributed by atoms with Gasteiger partial charge in [0.2, 0.25) is 0 Å². The number of hydroxylamine groups is 3. The monoisotopic (exact) mass is 181 g/mol. The van der Waals surface area contributed by atoms with E-state index in [0.29, 0.717) is 4.65 Å². The standard InChI is InChI=1S/C8H20NO.ClH/c1-5-6-7-8-10-9(2,3)4;/h5-8H2,1-4H3;1H/q+1;/p-1. The van der Waals surface area contributed by atoms with Gasteiger partial charge in [0.1, 0.15) is 6.61 Å². The normalized spacial score (nSPS) is 10.9. The van der Waals surface area contributed by atoms with E-state index in [1.807, 2.05) is 21.1 Å². The molecule has 0 spiro atoms. The molecule has 0 saturated carbocycles. The summed E-state index contributed by atoms with van der Waals surface area (Å²) in [6.07, 6.45) is 3.73. The molecule has 0 rings (SSSR count). The van der Waals surface area contributed by atoms with Crippen molar-refractivity contribution in [3.63, 3.8) is 0 Å². The Balaban J connectivity index is 0. The number of halogens is 1. The van der Waals surface area contributed by atoms with Gasteiger partial charge in [-0.25, -0.2) is 4.84 Å². The van der Waals surface area contributed by atoms with Crippen LogP contribution in [0, 0.1) is 0 Å². The number of unbranched alkanes of at least 4 members (excludes halogenated alkanes) is 2. The summed E-state index contributed by atoms with van der Waals surface area (Å²) in [5.74, 6) is 0. The molecule has 0 atom stereocenters. The summed E-state index contributed by atoms with van der Waals surface area (Å²) in [5, 5.41) is 0. The summed E-state index contributed by atoms with van der Waals surface area (Å²) in [5.41, 5.74) is 0. The third kappa shape index (κ3) is 13.2. The van der Waals surface area contributed by atoms with Gasteiger partial charge in [-0.2, -0.15) is 4.65 Å². The lowest BCUT2D eigenvalue weighted by Crippen LogP contribution is -3.00. The Morgan fingerprint density at radius 3 is 2.00 bits per heavy atom. The molecule has 0 aliphatic carbocycles. The van der Waals surface area contributed by atoms with Crippen molar-refractivity contribution in [2.24, 2.45) is 0 Å². The first kappa shape index (κ1) is 13.8. The predicted octanol–water partition coefficient (Wildman–Crippen LogP) is -1.18. The zero-order valence-corrected chi connectivity index (χ0v) is 8.82. The molecule has 0 radical (unpaired) electrons. The summed E-state index contributed by atoms with van der Waals surface area (Å²) < 4.78 is 0.615. The minimum atomic E-state index is 0. The summed E-state index contributed by atoms with van der Waals surface area (Å²) >= 11 is 0. The predicted molar refractivity (Wildman–Crippen MR) is 43.5 cm³/mol. The van der Waals surface area contributed by atoms with Crippen LogP contribution < -0.4 is 12.4 Å². The van der Waals surface area contributed by atoms with Crippen LogP contribution in [0.15, 0.2) is 0 Å². The molecule has 0 bridgehead atoms. The smallest absolute Gasteiger partial charge is 0.106 e. The zero-order valence-electron chi connectivity index (χ0n) is 8.06. The minimum Gasteiger partial charge on any atom is -1.00 e. The number of hydrogen-bond acceptors (Lipinski definition) is 1. The van der Waals surface area contributed by atoms with Crippen molar-refractivity contribution < 1.29 is 21.9 Å². The maximum absolute atomic E-state index is 5.47. The molecule has 0 fully saturated rings. The lowest BCUT2D eigenvalue weighted by atomic mass is 10.3. The van der Waals surface area contributed by atoms with Gasteiger partial charge in [-0.3, -0.25) is 0 Å². The van der Waals surface area contributed by atoms with Gasteiger partial charge in [0, 0.05) is 0 Å². The topological polar surface area (TPSA) is 9.23 Å². The van der Waals surface area contributed by atoms with E-state index >= 15 is 0 Å². The van der Waals surface area contributed by atoms with Crippen LogP contribution in [0.1, 0.15) is 26.2 Å². The molecule has 0 amide bonds. The molecule has 0 N–H and O–H groups in total. The fourth-order valence-electron chi connectivity index (χ4n) is 0.690. The molecule has 2 nitrogen and oxygen atoms in total. The number of quaternary nitrogens is 1. The molecule has 0 aromatic rings. The average Bonchev–Trinajstić information content (AvgIpc) is 1.78. The van der Waals surface area contributed by atoms with Gasteiger partial charge in [0.15, 0.2) is 0 Å². The van der Waals surface area contributed by atoms with Crippen molar-refractivity contribution in [3.8, 4) is 0 Å². The Hall–Kier alpha value is 0.210. The van der Waals surface area contributed by atoms with Gasteiger partial charge in [-0.15, -0.1) is 0 Å². The van der Waals surface area contributed by atoms with Gasteiger partial charge in [-0.05, 0) is 6.42 Å². The van der Waals surface area contributed by atoms with Crippen LogP contribution in [0.2, 0.25) is 0 Å². The van der Waals surface area contributed by atoms with Crippen molar-refractivity contribution in [2.45, 2.75) is 26.2 Å². The van der Waals surface area contributed by atoms with Crippen molar-refractivity contribution >= 4 is 0 Å². The van der Waals surface area contributed by atoms with Gasteiger partial charge in [0.25, 0.3) is 0 Å². The van der Waals surface area contributed by atoms with E-state index in [0.717, 1.165) is 6.61 Å². The first-order valence-electron chi connectivity index (χ1n) is 4.02. The lowest BCUT2D eigenvalue weighted by Gasteiger charge is -2.20. The summed E-state index contributed by atoms with van der Waals surface area (Å²) in [7, 11) is 6.10. The van der Waals surface area contributed by atoms with Crippen LogP contribution in [0.3, 0.4) is 0 Å². The molecule has 0 aromatic carbocycles. The Labute approximate surface area is 76.5 Å². The number of hydrogen-bond donors (Lipinski definition) is 0. The maximum atomic E-state index is 5.47. The highest BCUT2D eigenvalue weighted by molar-refractivity contribution is 4.32. The van der Waals surface area contributed by atoms with Gasteiger partial charge >= 0.3 is 0 Å². The average molecular weight is 182 g/mol. The quantitative estimate of drug-likeness (QED) is 0.295. The van der Waals surface area contributed by atoms with Crippen LogP contribution >= 0.6 is 0 Å². The molecule has 0 aliphatic rings. The van der Waals surface area contributed by atoms with E-state index in [9.17, 15) is 0 Å². The van der Waals surface area contributed by atoms with E-state index in [2.05, 4.69) is 6.92 Å². The van der Waals surface area contributed by atoms with Crippen LogP contribution in [-0.2, 0) is 4.84 Å². The molecule has 3 heteroatoms. The first-order valence-corrected chi connectivity index (χ1v) is 4.02. The minimum absolute atomic E-state index is 0. The highest BCUT2D eigenvalue weighted by atomic mass is 35.5. The fourth-order valence-corrected chi connectivity index (χ4v) is 0.690. The van der Waals surface area contributed by atoms with Crippen molar-refractivity contribution in [1.29, 1.82) is 0 Å². The van der Waals surface area contributed by atoms with Gasteiger partial charge in [0.05, 0.1) is 21.1 Å². The number of rotatable bonds is 5. The second-order valence-corrected chi connectivity index (χ2v) is 3.43. The van der Waals surface area contributed by atoms with Crippen molar-refractivity contribution in [3.05, 3.63) is 0 Å². The highest BCUT2D eigenvalue weighted by Gasteiger charge is 2.05. The second-order valence-electron chi connectivity index (χ2n) is 3.43. The molecule has 70 valence electrons. The highest BCUT2D eigenvalue weighted by Crippen LogP contribution is 1.98. The lowest BCUT2D eigenvalue weighted by molar-refractivity contribution is -1.06. The SMILES string of the molecule is CCCCCO[N+](C)(C)C.[Cl-]. The Morgan fingerprint density at radius 1 is 1.09 bits per heavy atom. The van der Waals surface area contributed by atoms with Gasteiger partial charge < -0.3 is 12.4 Å². The summed E-state index contributed by atoms with van der Waals surface area (Å²) in [6, 6.07) is 0. The van der Waals surface area contributed by atoms with E-state index in [1.165, 1.54) is 19.3 Å². The van der Waals surface area contributed by atoms with Crippen molar-refractivity contribution in [1.82, 2.24) is 0 Å². The molecule has 0 saturated heterocycles. The molecule has 0 unspecified atom stereocenters. The fraction of sp³-hybridized carbons (Fsp3) is 1.00. The second kappa shape index (κ2) is 6.89. The summed E-state index contributed by atoms with van der Waals surface area (Å²) in [4.78, 5) is 5.47. The Kier molecular flexibility index (Phi) is 8.63. The molecule has 0 aliphatic heterocycles. The van der Waals surface area contributed by atoms with Gasteiger partial charge in [-0.1, -0.05) is 19.8 Å². The molecular weight excluding hydrogens is 162 g/mol. The van der Waals surface area contributed by atoms with E-state index in [4.69, 9.17) is 4.84 Å². The third-order valence-corrected chi connectivity index (χ3v) is 1.23. The van der Waals surface area contributed by atoms with Crippen molar-refractivity contribution in [2.75, 3.05) is 27.7 Å². The van der Waals surface area contributed by atoms with Crippen LogP contribution in [-0.4, -0.2) is 32.4 Å². The number of nitrogens with zero attached hydrogens (tertiary/aromatic N) is 1. The zero-order chi connectivity index (χ0) is 8.04. The van der Waals surface area contributed by atoms with Crippen LogP contribution in [0.4, 0.5) is 0 Å². The van der Waals surface area contributed by atoms with E-state index < -0.39 is 0 Å². The molecular formula is C8H20ClNO. The largest absolute Gasteiger partial charge is 1.00 e. The van der Waals surface area contributed by atoms with E-state index in [-0.39, 0.29) is 12.4 Å². The molecule has 0 heterocycles. The Morgan fingerprint density at radius 2 is 1.64 bits per heavy atom. The van der Waals surface area contributed by atoms with E-state index in [1.54, 1.807) is 0 Å². The van der Waals surface area contributed by atoms with Crippen LogP contribution in [0.5, 0.6) is 0 Å². The third-order valence-electron chi connectivity index (χ3n) is 1.23. The van der Waals surface area contributed by atoms with Crippen LogP contribution in [0.25, 0.3) is 0 Å². The first-order chi connectivity index (χ1) is 4.56. The Bertz CT molecular complexity index is 80.7.